The van der Waals surface area contributed by atoms with Crippen LogP contribution in [-0.4, -0.2) is 13.4 Å². The second kappa shape index (κ2) is 5.55. The van der Waals surface area contributed by atoms with Crippen LogP contribution in [-0.2, 0) is 23.1 Å². The summed E-state index contributed by atoms with van der Waals surface area (Å²) in [4.78, 5) is 4.25. The Bertz CT molecular complexity index is 745. The lowest BCUT2D eigenvalue weighted by Gasteiger charge is -2.15. The molecule has 1 aliphatic rings. The van der Waals surface area contributed by atoms with Crippen LogP contribution in [0.5, 0.6) is 0 Å². The van der Waals surface area contributed by atoms with E-state index in [1.54, 1.807) is 36.7 Å². The molecule has 6 heteroatoms. The standard InChI is InChI=1S/C15H17N3O2S/c1-11(12-4-6-16-7-5-12)18-21(19,20)15-3-2-13-9-17-10-14(13)8-15/h2-8,11,17-18H,9-10H2,1H3. The van der Waals surface area contributed by atoms with Gasteiger partial charge in [0, 0.05) is 31.5 Å². The van der Waals surface area contributed by atoms with Crippen molar-refractivity contribution in [2.45, 2.75) is 31.0 Å². The van der Waals surface area contributed by atoms with E-state index < -0.39 is 10.0 Å². The predicted octanol–water partition coefficient (Wildman–Crippen LogP) is 1.72. The van der Waals surface area contributed by atoms with Gasteiger partial charge in [0.25, 0.3) is 0 Å². The number of pyridine rings is 1. The largest absolute Gasteiger partial charge is 0.309 e. The summed E-state index contributed by atoms with van der Waals surface area (Å²) in [5.74, 6) is 0. The van der Waals surface area contributed by atoms with E-state index in [-0.39, 0.29) is 6.04 Å². The monoisotopic (exact) mass is 303 g/mol. The van der Waals surface area contributed by atoms with Crippen LogP contribution >= 0.6 is 0 Å². The normalized spacial score (nSPS) is 15.7. The van der Waals surface area contributed by atoms with E-state index in [1.165, 1.54) is 0 Å². The van der Waals surface area contributed by atoms with Crippen LogP contribution < -0.4 is 10.0 Å². The van der Waals surface area contributed by atoms with Gasteiger partial charge in [0.1, 0.15) is 0 Å². The molecule has 2 aromatic rings. The van der Waals surface area contributed by atoms with Gasteiger partial charge in [-0.15, -0.1) is 0 Å². The number of sulfonamides is 1. The van der Waals surface area contributed by atoms with Gasteiger partial charge in [0.2, 0.25) is 10.0 Å². The summed E-state index contributed by atoms with van der Waals surface area (Å²) in [5.41, 5.74) is 3.10. The van der Waals surface area contributed by atoms with Crippen molar-refractivity contribution in [3.63, 3.8) is 0 Å². The fourth-order valence-electron chi connectivity index (χ4n) is 2.46. The third-order valence-electron chi connectivity index (χ3n) is 3.66. The number of rotatable bonds is 4. The molecule has 0 saturated carbocycles. The van der Waals surface area contributed by atoms with Crippen molar-refractivity contribution >= 4 is 10.0 Å². The Morgan fingerprint density at radius 1 is 1.14 bits per heavy atom. The minimum absolute atomic E-state index is 0.302. The average Bonchev–Trinajstić information content (AvgIpc) is 2.95. The van der Waals surface area contributed by atoms with E-state index in [2.05, 4.69) is 15.0 Å². The van der Waals surface area contributed by atoms with E-state index >= 15 is 0 Å². The molecule has 1 unspecified atom stereocenters. The molecule has 0 spiro atoms. The highest BCUT2D eigenvalue weighted by atomic mass is 32.2. The van der Waals surface area contributed by atoms with Crippen molar-refractivity contribution in [2.75, 3.05) is 0 Å². The molecule has 0 aliphatic carbocycles. The van der Waals surface area contributed by atoms with Gasteiger partial charge in [0.15, 0.2) is 0 Å². The maximum Gasteiger partial charge on any atom is 0.241 e. The first-order chi connectivity index (χ1) is 10.1. The number of hydrogen-bond donors (Lipinski definition) is 2. The highest BCUT2D eigenvalue weighted by Crippen LogP contribution is 2.21. The summed E-state index contributed by atoms with van der Waals surface area (Å²) >= 11 is 0. The lowest BCUT2D eigenvalue weighted by molar-refractivity contribution is 0.566. The molecule has 0 bridgehead atoms. The predicted molar refractivity (Wildman–Crippen MR) is 80.0 cm³/mol. The summed E-state index contributed by atoms with van der Waals surface area (Å²) in [6.07, 6.45) is 3.31. The zero-order valence-corrected chi connectivity index (χ0v) is 12.5. The van der Waals surface area contributed by atoms with E-state index in [1.807, 2.05) is 13.0 Å². The molecule has 1 aromatic carbocycles. The quantitative estimate of drug-likeness (QED) is 0.902. The van der Waals surface area contributed by atoms with Gasteiger partial charge in [0.05, 0.1) is 4.90 Å². The lowest BCUT2D eigenvalue weighted by atomic mass is 10.1. The highest BCUT2D eigenvalue weighted by Gasteiger charge is 2.20. The Hall–Kier alpha value is -1.76. The molecule has 1 aromatic heterocycles. The van der Waals surface area contributed by atoms with Gasteiger partial charge in [-0.25, -0.2) is 13.1 Å². The fraction of sp³-hybridized carbons (Fsp3) is 0.267. The average molecular weight is 303 g/mol. The molecule has 0 saturated heterocycles. The molecule has 1 atom stereocenters. The van der Waals surface area contributed by atoms with Gasteiger partial charge >= 0.3 is 0 Å². The first-order valence-electron chi connectivity index (χ1n) is 6.81. The van der Waals surface area contributed by atoms with Crippen LogP contribution in [0.2, 0.25) is 0 Å². The summed E-state index contributed by atoms with van der Waals surface area (Å²) in [5, 5.41) is 3.21. The third-order valence-corrected chi connectivity index (χ3v) is 5.20. The van der Waals surface area contributed by atoms with Gasteiger partial charge in [-0.05, 0) is 47.9 Å². The molecule has 2 heterocycles. The van der Waals surface area contributed by atoms with Gasteiger partial charge in [-0.3, -0.25) is 4.98 Å². The van der Waals surface area contributed by atoms with E-state index in [0.717, 1.165) is 29.8 Å². The van der Waals surface area contributed by atoms with Crippen molar-refractivity contribution in [1.29, 1.82) is 0 Å². The molecule has 21 heavy (non-hydrogen) atoms. The maximum atomic E-state index is 12.5. The Morgan fingerprint density at radius 2 is 1.86 bits per heavy atom. The molecule has 5 nitrogen and oxygen atoms in total. The second-order valence-electron chi connectivity index (χ2n) is 5.16. The van der Waals surface area contributed by atoms with Crippen LogP contribution in [0.3, 0.4) is 0 Å². The summed E-state index contributed by atoms with van der Waals surface area (Å²) in [6.45, 7) is 3.34. The van der Waals surface area contributed by atoms with Crippen molar-refractivity contribution < 1.29 is 8.42 Å². The molecule has 0 amide bonds. The van der Waals surface area contributed by atoms with Crippen molar-refractivity contribution in [3.05, 3.63) is 59.4 Å². The number of fused-ring (bicyclic) bond motifs is 1. The maximum absolute atomic E-state index is 12.5. The Balaban J connectivity index is 1.84. The Morgan fingerprint density at radius 3 is 2.62 bits per heavy atom. The zero-order chi connectivity index (χ0) is 14.9. The fourth-order valence-corrected chi connectivity index (χ4v) is 3.74. The summed E-state index contributed by atoms with van der Waals surface area (Å²) in [7, 11) is -3.53. The highest BCUT2D eigenvalue weighted by molar-refractivity contribution is 7.89. The van der Waals surface area contributed by atoms with Gasteiger partial charge < -0.3 is 5.32 Å². The van der Waals surface area contributed by atoms with Crippen LogP contribution in [0.4, 0.5) is 0 Å². The van der Waals surface area contributed by atoms with E-state index in [4.69, 9.17) is 0 Å². The molecule has 3 rings (SSSR count). The minimum Gasteiger partial charge on any atom is -0.309 e. The number of hydrogen-bond acceptors (Lipinski definition) is 4. The number of nitrogens with one attached hydrogen (secondary N) is 2. The minimum atomic E-state index is -3.53. The first kappa shape index (κ1) is 14.2. The van der Waals surface area contributed by atoms with Crippen molar-refractivity contribution in [3.8, 4) is 0 Å². The third kappa shape index (κ3) is 2.97. The van der Waals surface area contributed by atoms with Gasteiger partial charge in [-0.2, -0.15) is 0 Å². The second-order valence-corrected chi connectivity index (χ2v) is 6.87. The smallest absolute Gasteiger partial charge is 0.241 e. The number of aromatic nitrogens is 1. The molecule has 1 aliphatic heterocycles. The lowest BCUT2D eigenvalue weighted by Crippen LogP contribution is -2.27. The van der Waals surface area contributed by atoms with Crippen molar-refractivity contribution in [2.24, 2.45) is 0 Å². The SMILES string of the molecule is CC(NS(=O)(=O)c1ccc2c(c1)CNC2)c1ccncc1. The Labute approximate surface area is 124 Å². The summed E-state index contributed by atoms with van der Waals surface area (Å²) < 4.78 is 27.6. The molecule has 2 N–H and O–H groups in total. The molecule has 0 fully saturated rings. The molecule has 0 radical (unpaired) electrons. The zero-order valence-electron chi connectivity index (χ0n) is 11.7. The van der Waals surface area contributed by atoms with Crippen LogP contribution in [0.25, 0.3) is 0 Å². The first-order valence-corrected chi connectivity index (χ1v) is 8.29. The molecule has 110 valence electrons. The number of benzene rings is 1. The summed E-state index contributed by atoms with van der Waals surface area (Å²) in [6, 6.07) is 8.59. The molecular formula is C15H17N3O2S. The Kier molecular flexibility index (Phi) is 3.75. The van der Waals surface area contributed by atoms with E-state index in [9.17, 15) is 8.42 Å². The van der Waals surface area contributed by atoms with Crippen molar-refractivity contribution in [1.82, 2.24) is 15.0 Å². The number of nitrogens with zero attached hydrogens (tertiary/aromatic N) is 1. The topological polar surface area (TPSA) is 71.1 Å². The van der Waals surface area contributed by atoms with Crippen LogP contribution in [0.15, 0.2) is 47.6 Å². The van der Waals surface area contributed by atoms with Gasteiger partial charge in [-0.1, -0.05) is 6.07 Å². The van der Waals surface area contributed by atoms with Crippen LogP contribution in [0.1, 0.15) is 29.7 Å². The molecular weight excluding hydrogens is 286 g/mol. The van der Waals surface area contributed by atoms with E-state index in [0.29, 0.717) is 4.90 Å². The van der Waals surface area contributed by atoms with Crippen LogP contribution in [0, 0.1) is 0 Å².